The molecule has 0 amide bonds. The minimum Gasteiger partial charge on any atom is -0.495 e. The topological polar surface area (TPSA) is 27.8 Å². The Labute approximate surface area is 155 Å². The van der Waals surface area contributed by atoms with Crippen LogP contribution in [0.5, 0.6) is 5.75 Å². The van der Waals surface area contributed by atoms with E-state index in [-0.39, 0.29) is 5.41 Å². The minimum absolute atomic E-state index is 0.102. The molecule has 0 saturated carbocycles. The van der Waals surface area contributed by atoms with Crippen molar-refractivity contribution in [2.45, 2.75) is 19.3 Å². The molecule has 0 unspecified atom stereocenters. The average molecular weight is 348 g/mol. The Morgan fingerprint density at radius 3 is 2.54 bits per heavy atom. The van der Waals surface area contributed by atoms with Gasteiger partial charge in [-0.2, -0.15) is 9.68 Å². The van der Waals surface area contributed by atoms with E-state index in [0.717, 1.165) is 17.1 Å². The van der Waals surface area contributed by atoms with E-state index in [9.17, 15) is 0 Å². The second-order valence-corrected chi connectivity index (χ2v) is 6.87. The smallest absolute Gasteiger partial charge is 0.212 e. The van der Waals surface area contributed by atoms with Gasteiger partial charge in [-0.25, -0.2) is 0 Å². The standard InChI is InChI=1S/C22H26N3O/c1-6-15-25(19-13-9-10-14-20(19)26-5)23-16-21-22(2,3)17-11-7-8-12-18(17)24(21)4/h6-14,16H,1,15H2,2-5H3/q+1. The summed E-state index contributed by atoms with van der Waals surface area (Å²) in [5.41, 5.74) is 4.52. The van der Waals surface area contributed by atoms with Crippen molar-refractivity contribution >= 4 is 23.3 Å². The number of rotatable bonds is 6. The van der Waals surface area contributed by atoms with E-state index < -0.39 is 0 Å². The second kappa shape index (κ2) is 7.16. The van der Waals surface area contributed by atoms with Crippen molar-refractivity contribution in [2.75, 3.05) is 25.7 Å². The molecule has 0 bridgehead atoms. The molecule has 26 heavy (non-hydrogen) atoms. The van der Waals surface area contributed by atoms with Gasteiger partial charge >= 0.3 is 0 Å². The molecule has 1 aliphatic rings. The third-order valence-electron chi connectivity index (χ3n) is 4.93. The van der Waals surface area contributed by atoms with E-state index in [1.54, 1.807) is 7.11 Å². The quantitative estimate of drug-likeness (QED) is 0.335. The Balaban J connectivity index is 1.99. The van der Waals surface area contributed by atoms with Crippen LogP contribution in [0.15, 0.2) is 66.3 Å². The monoisotopic (exact) mass is 348 g/mol. The number of benzene rings is 2. The number of hydrogen-bond acceptors (Lipinski definition) is 3. The predicted octanol–water partition coefficient (Wildman–Crippen LogP) is 4.38. The maximum Gasteiger partial charge on any atom is 0.212 e. The summed E-state index contributed by atoms with van der Waals surface area (Å²) in [6, 6.07) is 16.4. The molecule has 1 heterocycles. The van der Waals surface area contributed by atoms with Crippen LogP contribution in [-0.4, -0.2) is 37.2 Å². The average Bonchev–Trinajstić information content (AvgIpc) is 2.85. The molecule has 0 atom stereocenters. The highest BCUT2D eigenvalue weighted by atomic mass is 16.5. The molecule has 0 aliphatic carbocycles. The fraction of sp³-hybridized carbons (Fsp3) is 0.273. The lowest BCUT2D eigenvalue weighted by molar-refractivity contribution is -0.400. The largest absolute Gasteiger partial charge is 0.495 e. The number of hydrogen-bond donors (Lipinski definition) is 0. The van der Waals surface area contributed by atoms with Crippen LogP contribution in [0.2, 0.25) is 0 Å². The summed E-state index contributed by atoms with van der Waals surface area (Å²) in [5.74, 6) is 0.791. The third-order valence-corrected chi connectivity index (χ3v) is 4.93. The number of hydrazone groups is 1. The van der Waals surface area contributed by atoms with Crippen molar-refractivity contribution in [3.63, 3.8) is 0 Å². The molecule has 0 fully saturated rings. The lowest BCUT2D eigenvalue weighted by atomic mass is 9.82. The van der Waals surface area contributed by atoms with Gasteiger partial charge in [0, 0.05) is 11.6 Å². The van der Waals surface area contributed by atoms with Gasteiger partial charge < -0.3 is 4.74 Å². The first-order chi connectivity index (χ1) is 12.5. The van der Waals surface area contributed by atoms with Crippen LogP contribution in [-0.2, 0) is 5.41 Å². The second-order valence-electron chi connectivity index (χ2n) is 6.87. The lowest BCUT2D eigenvalue weighted by Crippen LogP contribution is -2.31. The summed E-state index contributed by atoms with van der Waals surface area (Å²) in [6.07, 6.45) is 3.79. The molecule has 1 aliphatic heterocycles. The van der Waals surface area contributed by atoms with E-state index in [0.29, 0.717) is 6.54 Å². The van der Waals surface area contributed by atoms with E-state index in [2.05, 4.69) is 56.3 Å². The minimum atomic E-state index is -0.102. The summed E-state index contributed by atoms with van der Waals surface area (Å²) < 4.78 is 7.71. The Hall–Kier alpha value is -2.88. The number of nitrogens with zero attached hydrogens (tertiary/aromatic N) is 3. The van der Waals surface area contributed by atoms with Gasteiger partial charge in [0.15, 0.2) is 0 Å². The van der Waals surface area contributed by atoms with Crippen molar-refractivity contribution in [2.24, 2.45) is 5.10 Å². The van der Waals surface area contributed by atoms with Crippen LogP contribution < -0.4 is 9.75 Å². The van der Waals surface area contributed by atoms with Gasteiger partial charge in [0.25, 0.3) is 0 Å². The Bertz CT molecular complexity index is 880. The molecule has 0 aromatic heterocycles. The van der Waals surface area contributed by atoms with E-state index >= 15 is 0 Å². The van der Waals surface area contributed by atoms with Gasteiger partial charge in [0.2, 0.25) is 11.4 Å². The molecule has 2 aromatic rings. The maximum absolute atomic E-state index is 5.49. The van der Waals surface area contributed by atoms with Gasteiger partial charge in [-0.3, -0.25) is 5.01 Å². The molecule has 0 N–H and O–H groups in total. The van der Waals surface area contributed by atoms with Crippen LogP contribution in [0.3, 0.4) is 0 Å². The van der Waals surface area contributed by atoms with Crippen LogP contribution in [0.25, 0.3) is 0 Å². The molecule has 0 saturated heterocycles. The van der Waals surface area contributed by atoms with Crippen molar-refractivity contribution < 1.29 is 9.31 Å². The highest BCUT2D eigenvalue weighted by molar-refractivity contribution is 6.33. The highest BCUT2D eigenvalue weighted by Gasteiger charge is 2.43. The van der Waals surface area contributed by atoms with Gasteiger partial charge in [-0.05, 0) is 26.0 Å². The van der Waals surface area contributed by atoms with Crippen molar-refractivity contribution in [3.05, 3.63) is 66.7 Å². The summed E-state index contributed by atoms with van der Waals surface area (Å²) in [5, 5.41) is 6.69. The number of methoxy groups -OCH3 is 1. The van der Waals surface area contributed by atoms with Gasteiger partial charge in [0.05, 0.1) is 19.1 Å². The van der Waals surface area contributed by atoms with Gasteiger partial charge in [0.1, 0.15) is 24.7 Å². The highest BCUT2D eigenvalue weighted by Crippen LogP contribution is 2.38. The molecule has 134 valence electrons. The Morgan fingerprint density at radius 1 is 1.15 bits per heavy atom. The first kappa shape index (κ1) is 17.9. The van der Waals surface area contributed by atoms with Crippen molar-refractivity contribution in [1.29, 1.82) is 0 Å². The van der Waals surface area contributed by atoms with Gasteiger partial charge in [-0.15, -0.1) is 6.58 Å². The van der Waals surface area contributed by atoms with Crippen LogP contribution >= 0.6 is 0 Å². The third kappa shape index (κ3) is 3.03. The zero-order chi connectivity index (χ0) is 18.7. The zero-order valence-corrected chi connectivity index (χ0v) is 15.9. The lowest BCUT2D eigenvalue weighted by Gasteiger charge is -2.20. The van der Waals surface area contributed by atoms with E-state index in [1.165, 1.54) is 11.3 Å². The number of ether oxygens (including phenoxy) is 1. The molecular formula is C22H26N3O+. The molecule has 0 radical (unpaired) electrons. The van der Waals surface area contributed by atoms with E-state index in [4.69, 9.17) is 9.84 Å². The van der Waals surface area contributed by atoms with Crippen molar-refractivity contribution in [3.8, 4) is 5.75 Å². The fourth-order valence-corrected chi connectivity index (χ4v) is 3.53. The maximum atomic E-state index is 5.49. The molecule has 2 aromatic carbocycles. The van der Waals surface area contributed by atoms with Gasteiger partial charge in [-0.1, -0.05) is 36.4 Å². The molecule has 4 nitrogen and oxygen atoms in total. The Kier molecular flexibility index (Phi) is 4.94. The summed E-state index contributed by atoms with van der Waals surface area (Å²) >= 11 is 0. The molecule has 0 spiro atoms. The number of anilines is 1. The summed E-state index contributed by atoms with van der Waals surface area (Å²) in [7, 11) is 3.77. The first-order valence-electron chi connectivity index (χ1n) is 8.76. The van der Waals surface area contributed by atoms with Crippen LogP contribution in [0, 0.1) is 0 Å². The molecular weight excluding hydrogens is 322 g/mol. The number of para-hydroxylation sites is 3. The summed E-state index contributed by atoms with van der Waals surface area (Å²) in [4.78, 5) is 0. The molecule has 4 heteroatoms. The number of fused-ring (bicyclic) bond motifs is 1. The fourth-order valence-electron chi connectivity index (χ4n) is 3.53. The predicted molar refractivity (Wildman–Crippen MR) is 109 cm³/mol. The van der Waals surface area contributed by atoms with Crippen LogP contribution in [0.1, 0.15) is 19.4 Å². The summed E-state index contributed by atoms with van der Waals surface area (Å²) in [6.45, 7) is 8.93. The van der Waals surface area contributed by atoms with E-state index in [1.807, 2.05) is 41.6 Å². The zero-order valence-electron chi connectivity index (χ0n) is 15.9. The SMILES string of the molecule is C=CCN(/N=C/C1=[N+](C)c2ccccc2C1(C)C)c1ccccc1OC. The first-order valence-corrected chi connectivity index (χ1v) is 8.76. The van der Waals surface area contributed by atoms with Crippen LogP contribution in [0.4, 0.5) is 11.4 Å². The molecule has 3 rings (SSSR count). The normalized spacial score (nSPS) is 15.2. The Morgan fingerprint density at radius 2 is 1.85 bits per heavy atom. The van der Waals surface area contributed by atoms with Crippen molar-refractivity contribution in [1.82, 2.24) is 0 Å².